The van der Waals surface area contributed by atoms with Gasteiger partial charge < -0.3 is 0 Å². The van der Waals surface area contributed by atoms with Gasteiger partial charge in [0.25, 0.3) is 0 Å². The molecule has 0 heteroatoms. The molecule has 2 rings (SSSR count). The Hall–Kier alpha value is -2.60. The van der Waals surface area contributed by atoms with Gasteiger partial charge in [-0.15, -0.1) is 0 Å². The molecule has 1 atom stereocenters. The molecule has 0 aromatic heterocycles. The van der Waals surface area contributed by atoms with E-state index < -0.39 is 0 Å². The molecular formula is C24H26. The Balaban J connectivity index is 2.09. The van der Waals surface area contributed by atoms with Crippen LogP contribution in [0.4, 0.5) is 0 Å². The van der Waals surface area contributed by atoms with E-state index in [1.165, 1.54) is 16.7 Å². The molecule has 0 aliphatic rings. The van der Waals surface area contributed by atoms with Crippen molar-refractivity contribution in [1.82, 2.24) is 0 Å². The minimum atomic E-state index is 0.385. The lowest BCUT2D eigenvalue weighted by atomic mass is 9.94. The van der Waals surface area contributed by atoms with Crippen molar-refractivity contribution in [2.24, 2.45) is 0 Å². The van der Waals surface area contributed by atoms with Crippen LogP contribution in [0.25, 0.3) is 6.08 Å². The Bertz CT molecular complexity index is 687. The van der Waals surface area contributed by atoms with Crippen LogP contribution in [0.5, 0.6) is 0 Å². The summed E-state index contributed by atoms with van der Waals surface area (Å²) in [4.78, 5) is 0. The maximum Gasteiger partial charge on any atom is 0.00557 e. The highest BCUT2D eigenvalue weighted by molar-refractivity contribution is 5.55. The lowest BCUT2D eigenvalue weighted by Gasteiger charge is -2.10. The van der Waals surface area contributed by atoms with E-state index in [-0.39, 0.29) is 0 Å². The van der Waals surface area contributed by atoms with Crippen molar-refractivity contribution in [3.05, 3.63) is 114 Å². The number of allylic oxidation sites excluding steroid dienone is 6. The number of hydrogen-bond donors (Lipinski definition) is 0. The molecule has 0 bridgehead atoms. The summed E-state index contributed by atoms with van der Waals surface area (Å²) in [5.74, 6) is 0.385. The second kappa shape index (κ2) is 10.2. The largest absolute Gasteiger partial charge is 0.0991 e. The Kier molecular flexibility index (Phi) is 7.56. The number of benzene rings is 2. The number of rotatable bonds is 8. The molecule has 0 nitrogen and oxygen atoms in total. The first-order valence-corrected chi connectivity index (χ1v) is 8.59. The maximum absolute atomic E-state index is 3.78. The Labute approximate surface area is 146 Å². The van der Waals surface area contributed by atoms with Crippen molar-refractivity contribution >= 4 is 6.08 Å². The molecule has 0 aliphatic heterocycles. The highest BCUT2D eigenvalue weighted by Crippen LogP contribution is 2.22. The molecule has 122 valence electrons. The predicted molar refractivity (Wildman–Crippen MR) is 107 cm³/mol. The summed E-state index contributed by atoms with van der Waals surface area (Å²) in [6.07, 6.45) is 14.9. The molecule has 0 amide bonds. The SMILES string of the molecule is C=CC=CC(CC=C/C(=C/c1ccccc1)CC)c1ccccc1. The molecule has 0 saturated carbocycles. The zero-order valence-corrected chi connectivity index (χ0v) is 14.4. The smallest absolute Gasteiger partial charge is 0.00557 e. The van der Waals surface area contributed by atoms with Gasteiger partial charge in [0.2, 0.25) is 0 Å². The van der Waals surface area contributed by atoms with E-state index in [1.807, 2.05) is 12.2 Å². The van der Waals surface area contributed by atoms with E-state index in [4.69, 9.17) is 0 Å². The van der Waals surface area contributed by atoms with Gasteiger partial charge in [0.05, 0.1) is 0 Å². The van der Waals surface area contributed by atoms with E-state index in [2.05, 4.69) is 98.5 Å². The summed E-state index contributed by atoms with van der Waals surface area (Å²) in [7, 11) is 0. The van der Waals surface area contributed by atoms with Gasteiger partial charge >= 0.3 is 0 Å². The predicted octanol–water partition coefficient (Wildman–Crippen LogP) is 6.95. The van der Waals surface area contributed by atoms with Crippen LogP contribution in [0.15, 0.2) is 103 Å². The van der Waals surface area contributed by atoms with Crippen molar-refractivity contribution in [1.29, 1.82) is 0 Å². The van der Waals surface area contributed by atoms with Crippen molar-refractivity contribution in [3.8, 4) is 0 Å². The summed E-state index contributed by atoms with van der Waals surface area (Å²) >= 11 is 0. The lowest BCUT2D eigenvalue weighted by molar-refractivity contribution is 0.862. The highest BCUT2D eigenvalue weighted by atomic mass is 14.1. The average Bonchev–Trinajstić information content (AvgIpc) is 2.65. The van der Waals surface area contributed by atoms with Gasteiger partial charge in [-0.2, -0.15) is 0 Å². The molecule has 24 heavy (non-hydrogen) atoms. The molecule has 0 radical (unpaired) electrons. The zero-order chi connectivity index (χ0) is 17.0. The molecule has 0 spiro atoms. The second-order valence-electron chi connectivity index (χ2n) is 5.76. The van der Waals surface area contributed by atoms with E-state index in [0.717, 1.165) is 12.8 Å². The van der Waals surface area contributed by atoms with Crippen LogP contribution in [0.2, 0.25) is 0 Å². The van der Waals surface area contributed by atoms with Crippen LogP contribution >= 0.6 is 0 Å². The van der Waals surface area contributed by atoms with E-state index in [1.54, 1.807) is 0 Å². The van der Waals surface area contributed by atoms with Crippen LogP contribution < -0.4 is 0 Å². The fourth-order valence-corrected chi connectivity index (χ4v) is 2.64. The first kappa shape index (κ1) is 17.7. The van der Waals surface area contributed by atoms with Crippen LogP contribution in [0.1, 0.15) is 36.8 Å². The Morgan fingerprint density at radius 3 is 2.29 bits per heavy atom. The van der Waals surface area contributed by atoms with Crippen molar-refractivity contribution < 1.29 is 0 Å². The summed E-state index contributed by atoms with van der Waals surface area (Å²) in [5, 5.41) is 0. The summed E-state index contributed by atoms with van der Waals surface area (Å²) in [6.45, 7) is 5.98. The Morgan fingerprint density at radius 1 is 1.00 bits per heavy atom. The molecule has 0 N–H and O–H groups in total. The van der Waals surface area contributed by atoms with Crippen LogP contribution in [0.3, 0.4) is 0 Å². The topological polar surface area (TPSA) is 0 Å². The second-order valence-corrected chi connectivity index (χ2v) is 5.76. The first-order chi connectivity index (χ1) is 11.8. The van der Waals surface area contributed by atoms with Gasteiger partial charge in [-0.1, -0.05) is 111 Å². The standard InChI is InChI=1S/C24H26/c1-3-5-16-23(24-17-10-7-11-18-24)19-12-15-21(4-2)20-22-13-8-6-9-14-22/h3,5-18,20,23H,1,4,19H2,2H3/b15-12?,16-5?,21-20+. The van der Waals surface area contributed by atoms with E-state index >= 15 is 0 Å². The van der Waals surface area contributed by atoms with Crippen LogP contribution in [0, 0.1) is 0 Å². The molecular weight excluding hydrogens is 288 g/mol. The van der Waals surface area contributed by atoms with Gasteiger partial charge in [0.15, 0.2) is 0 Å². The minimum absolute atomic E-state index is 0.385. The number of hydrogen-bond acceptors (Lipinski definition) is 0. The normalized spacial score (nSPS) is 13.5. The van der Waals surface area contributed by atoms with Crippen molar-refractivity contribution in [2.75, 3.05) is 0 Å². The first-order valence-electron chi connectivity index (χ1n) is 8.59. The van der Waals surface area contributed by atoms with Gasteiger partial charge in [0.1, 0.15) is 0 Å². The molecule has 0 aliphatic carbocycles. The lowest BCUT2D eigenvalue weighted by Crippen LogP contribution is -1.93. The summed E-state index contributed by atoms with van der Waals surface area (Å²) in [5.41, 5.74) is 3.94. The third-order valence-electron chi connectivity index (χ3n) is 3.99. The summed E-state index contributed by atoms with van der Waals surface area (Å²) < 4.78 is 0. The molecule has 0 fully saturated rings. The van der Waals surface area contributed by atoms with E-state index in [0.29, 0.717) is 5.92 Å². The fraction of sp³-hybridized carbons (Fsp3) is 0.167. The third-order valence-corrected chi connectivity index (χ3v) is 3.99. The highest BCUT2D eigenvalue weighted by Gasteiger charge is 2.05. The van der Waals surface area contributed by atoms with Crippen LogP contribution in [-0.2, 0) is 0 Å². The molecule has 0 heterocycles. The van der Waals surface area contributed by atoms with Crippen molar-refractivity contribution in [3.63, 3.8) is 0 Å². The summed E-state index contributed by atoms with van der Waals surface area (Å²) in [6, 6.07) is 21.1. The molecule has 0 saturated heterocycles. The van der Waals surface area contributed by atoms with Gasteiger partial charge in [-0.3, -0.25) is 0 Å². The fourth-order valence-electron chi connectivity index (χ4n) is 2.64. The average molecular weight is 314 g/mol. The zero-order valence-electron chi connectivity index (χ0n) is 14.4. The van der Waals surface area contributed by atoms with E-state index in [9.17, 15) is 0 Å². The maximum atomic E-state index is 3.78. The van der Waals surface area contributed by atoms with Gasteiger partial charge in [-0.25, -0.2) is 0 Å². The molecule has 1 unspecified atom stereocenters. The van der Waals surface area contributed by atoms with Gasteiger partial charge in [-0.05, 0) is 29.5 Å². The minimum Gasteiger partial charge on any atom is -0.0991 e. The monoisotopic (exact) mass is 314 g/mol. The van der Waals surface area contributed by atoms with Crippen molar-refractivity contribution in [2.45, 2.75) is 25.7 Å². The molecule has 2 aromatic rings. The van der Waals surface area contributed by atoms with Gasteiger partial charge in [0, 0.05) is 5.92 Å². The third kappa shape index (κ3) is 5.89. The van der Waals surface area contributed by atoms with Crippen LogP contribution in [-0.4, -0.2) is 0 Å². The quantitative estimate of drug-likeness (QED) is 0.462. The molecule has 2 aromatic carbocycles. The Morgan fingerprint density at radius 2 is 1.67 bits per heavy atom.